The lowest BCUT2D eigenvalue weighted by Crippen LogP contribution is -2.74. The number of benzene rings is 2. The van der Waals surface area contributed by atoms with E-state index in [1.165, 1.54) is 0 Å². The van der Waals surface area contributed by atoms with Gasteiger partial charge in [0.2, 0.25) is 0 Å². The minimum absolute atomic E-state index is 0.0921. The maximum absolute atomic E-state index is 13.5. The van der Waals surface area contributed by atoms with Gasteiger partial charge in [0.25, 0.3) is 5.91 Å². The molecule has 4 aliphatic rings. The quantitative estimate of drug-likeness (QED) is 0.245. The van der Waals surface area contributed by atoms with E-state index in [0.29, 0.717) is 33.5 Å². The highest BCUT2D eigenvalue weighted by atomic mass is 35.5. The number of ether oxygens (including phenoxy) is 1. The number of anilines is 3. The second kappa shape index (κ2) is 15.0. The lowest BCUT2D eigenvalue weighted by molar-refractivity contribution is -0.164. The van der Waals surface area contributed by atoms with E-state index in [2.05, 4.69) is 82.8 Å². The fraction of sp³-hybridized carbons (Fsp3) is 0.429. The number of nitrogens with zero attached hydrogens (tertiary/aromatic N) is 6. The standard InChI is InChI=1S/C42H49ClN8O3/c1-28-12-17-51(40(53)46-28)34-22-33(25-45-26-34)49-15-13-29(14-16-49)27-48-18-20-50(21-19-48)32-9-6-30(7-10-32)37(52)47-38-41(2,3)39(42(38,4)5)54-35-11-8-31(24-44)36(43)23-35/h6-12,17,22-23,25-26,29,38-39H,1,13-16,18-21,27H2,2-5H3,(H,46,53)(H,47,52)/t38-,39-. The lowest BCUT2D eigenvalue weighted by atomic mass is 9.49. The molecule has 0 radical (unpaired) electrons. The molecule has 11 nitrogen and oxygen atoms in total. The molecular weight excluding hydrogens is 700 g/mol. The molecular formula is C42H49ClN8O3. The Kier molecular flexibility index (Phi) is 10.4. The molecule has 0 atom stereocenters. The van der Waals surface area contributed by atoms with Gasteiger partial charge in [-0.1, -0.05) is 45.9 Å². The van der Waals surface area contributed by atoms with Crippen molar-refractivity contribution < 1.29 is 14.3 Å². The first-order chi connectivity index (χ1) is 25.8. The number of allylic oxidation sites excluding steroid dienone is 1. The average molecular weight is 749 g/mol. The third kappa shape index (κ3) is 7.50. The van der Waals surface area contributed by atoms with Crippen molar-refractivity contribution in [1.82, 2.24) is 20.5 Å². The van der Waals surface area contributed by atoms with Crippen LogP contribution < -0.4 is 30.1 Å². The Balaban J connectivity index is 0.862. The molecule has 3 fully saturated rings. The topological polar surface area (TPSA) is 117 Å². The highest BCUT2D eigenvalue weighted by molar-refractivity contribution is 6.31. The molecule has 2 saturated heterocycles. The number of carbonyl (C=O) groups excluding carboxylic acids is 2. The van der Waals surface area contributed by atoms with Crippen molar-refractivity contribution in [1.29, 1.82) is 5.26 Å². The van der Waals surface area contributed by atoms with Crippen molar-refractivity contribution >= 4 is 40.6 Å². The molecule has 1 aliphatic carbocycles. The van der Waals surface area contributed by atoms with E-state index in [4.69, 9.17) is 16.3 Å². The number of hydrogen-bond donors (Lipinski definition) is 2. The van der Waals surface area contributed by atoms with Crippen LogP contribution in [0.5, 0.6) is 5.75 Å². The van der Waals surface area contributed by atoms with Crippen LogP contribution in [-0.4, -0.2) is 79.8 Å². The summed E-state index contributed by atoms with van der Waals surface area (Å²) < 4.78 is 6.39. The zero-order chi connectivity index (χ0) is 38.2. The van der Waals surface area contributed by atoms with Gasteiger partial charge in [-0.25, -0.2) is 4.79 Å². The van der Waals surface area contributed by atoms with Crippen molar-refractivity contribution in [3.05, 3.63) is 102 Å². The van der Waals surface area contributed by atoms with Crippen molar-refractivity contribution in [2.24, 2.45) is 16.7 Å². The van der Waals surface area contributed by atoms with Crippen LogP contribution in [0.1, 0.15) is 56.5 Å². The molecule has 1 aromatic heterocycles. The van der Waals surface area contributed by atoms with Gasteiger partial charge in [-0.05, 0) is 67.3 Å². The molecule has 3 aromatic rings. The molecule has 3 amide bonds. The van der Waals surface area contributed by atoms with Crippen LogP contribution in [0.4, 0.5) is 21.9 Å². The van der Waals surface area contributed by atoms with Crippen molar-refractivity contribution in [3.63, 3.8) is 0 Å². The smallest absolute Gasteiger partial charge is 0.330 e. The van der Waals surface area contributed by atoms with Gasteiger partial charge in [0.15, 0.2) is 0 Å². The van der Waals surface area contributed by atoms with Crippen LogP contribution in [0.25, 0.3) is 0 Å². The number of halogens is 1. The number of amides is 3. The monoisotopic (exact) mass is 748 g/mol. The molecule has 4 heterocycles. The summed E-state index contributed by atoms with van der Waals surface area (Å²) in [6, 6.07) is 16.9. The van der Waals surface area contributed by atoms with Gasteiger partial charge in [-0.15, -0.1) is 0 Å². The van der Waals surface area contributed by atoms with Crippen molar-refractivity contribution in [3.8, 4) is 11.8 Å². The first-order valence-electron chi connectivity index (χ1n) is 18.8. The average Bonchev–Trinajstić information content (AvgIpc) is 3.16. The van der Waals surface area contributed by atoms with E-state index in [1.54, 1.807) is 41.6 Å². The van der Waals surface area contributed by atoms with Gasteiger partial charge < -0.3 is 25.2 Å². The summed E-state index contributed by atoms with van der Waals surface area (Å²) in [6.45, 7) is 19.2. The minimum atomic E-state index is -0.331. The third-order valence-corrected chi connectivity index (χ3v) is 12.0. The predicted molar refractivity (Wildman–Crippen MR) is 213 cm³/mol. The molecule has 0 unspecified atom stereocenters. The van der Waals surface area contributed by atoms with Gasteiger partial charge in [0.05, 0.1) is 34.4 Å². The summed E-state index contributed by atoms with van der Waals surface area (Å²) in [7, 11) is 0. The second-order valence-electron chi connectivity index (χ2n) is 16.1. The summed E-state index contributed by atoms with van der Waals surface area (Å²) in [5, 5.41) is 15.6. The third-order valence-electron chi connectivity index (χ3n) is 11.7. The summed E-state index contributed by atoms with van der Waals surface area (Å²) in [5.41, 5.74) is 3.88. The minimum Gasteiger partial charge on any atom is -0.489 e. The molecule has 2 N–H and O–H groups in total. The number of carbonyl (C=O) groups is 2. The van der Waals surface area contributed by atoms with Crippen LogP contribution in [0.3, 0.4) is 0 Å². The molecule has 0 bridgehead atoms. The summed E-state index contributed by atoms with van der Waals surface area (Å²) in [6.07, 6.45) is 9.17. The van der Waals surface area contributed by atoms with Gasteiger partial charge in [0.1, 0.15) is 17.9 Å². The Hall–Kier alpha value is -5.05. The van der Waals surface area contributed by atoms with Gasteiger partial charge in [-0.3, -0.25) is 19.6 Å². The number of nitrogens with one attached hydrogen (secondary N) is 2. The number of pyridine rings is 1. The molecule has 282 valence electrons. The summed E-state index contributed by atoms with van der Waals surface area (Å²) >= 11 is 6.25. The van der Waals surface area contributed by atoms with Crippen LogP contribution >= 0.6 is 11.6 Å². The zero-order valence-corrected chi connectivity index (χ0v) is 32.3. The molecule has 7 rings (SSSR count). The summed E-state index contributed by atoms with van der Waals surface area (Å²) in [4.78, 5) is 39.3. The maximum atomic E-state index is 13.5. The highest BCUT2D eigenvalue weighted by Gasteiger charge is 2.64. The SMILES string of the molecule is C=C1C=CN(c2cncc(N3CCC(CN4CCN(c5ccc(C(=O)N[C@H]6C(C)(C)[C@H](Oc7ccc(C#N)c(Cl)c7)C6(C)C)cc5)CC4)CC3)c2)C(=O)N1. The molecule has 2 aromatic carbocycles. The largest absolute Gasteiger partial charge is 0.489 e. The number of rotatable bonds is 9. The van der Waals surface area contributed by atoms with E-state index in [1.807, 2.05) is 24.4 Å². The first-order valence-corrected chi connectivity index (χ1v) is 19.1. The Morgan fingerprint density at radius 1 is 0.963 bits per heavy atom. The molecule has 54 heavy (non-hydrogen) atoms. The van der Waals surface area contributed by atoms with Crippen molar-refractivity contribution in [2.45, 2.75) is 52.7 Å². The zero-order valence-electron chi connectivity index (χ0n) is 31.5. The van der Waals surface area contributed by atoms with Crippen LogP contribution in [0.2, 0.25) is 5.02 Å². The van der Waals surface area contributed by atoms with Gasteiger partial charge >= 0.3 is 6.03 Å². The number of urea groups is 1. The van der Waals surface area contributed by atoms with Gasteiger partial charge in [-0.2, -0.15) is 5.26 Å². The normalized spacial score (nSPS) is 22.6. The van der Waals surface area contributed by atoms with E-state index in [0.717, 1.165) is 75.7 Å². The number of piperidine rings is 1. The number of piperazine rings is 1. The first kappa shape index (κ1) is 37.3. The number of aromatic nitrogens is 1. The predicted octanol–water partition coefficient (Wildman–Crippen LogP) is 6.81. The van der Waals surface area contributed by atoms with E-state index in [9.17, 15) is 14.9 Å². The van der Waals surface area contributed by atoms with Crippen molar-refractivity contribution in [2.75, 3.05) is 60.5 Å². The van der Waals surface area contributed by atoms with Crippen LogP contribution in [-0.2, 0) is 0 Å². The summed E-state index contributed by atoms with van der Waals surface area (Å²) in [5.74, 6) is 1.16. The lowest BCUT2D eigenvalue weighted by Gasteiger charge is -2.63. The highest BCUT2D eigenvalue weighted by Crippen LogP contribution is 2.55. The van der Waals surface area contributed by atoms with E-state index in [-0.39, 0.29) is 34.9 Å². The van der Waals surface area contributed by atoms with Crippen LogP contribution in [0, 0.1) is 28.1 Å². The molecule has 1 saturated carbocycles. The van der Waals surface area contributed by atoms with E-state index < -0.39 is 0 Å². The molecule has 3 aliphatic heterocycles. The molecule has 12 heteroatoms. The fourth-order valence-corrected chi connectivity index (χ4v) is 9.17. The Morgan fingerprint density at radius 2 is 1.63 bits per heavy atom. The Bertz CT molecular complexity index is 1960. The Morgan fingerprint density at radius 3 is 2.28 bits per heavy atom. The maximum Gasteiger partial charge on any atom is 0.330 e. The van der Waals surface area contributed by atoms with Gasteiger partial charge in [0, 0.05) is 91.9 Å². The van der Waals surface area contributed by atoms with E-state index >= 15 is 0 Å². The fourth-order valence-electron chi connectivity index (χ4n) is 8.96. The second-order valence-corrected chi connectivity index (χ2v) is 16.5. The number of nitriles is 1. The Labute approximate surface area is 323 Å². The molecule has 0 spiro atoms. The number of hydrogen-bond acceptors (Lipinski definition) is 8. The van der Waals surface area contributed by atoms with Crippen LogP contribution in [0.15, 0.2) is 85.5 Å².